The fraction of sp³-hybridized carbons (Fsp3) is 0.357. The van der Waals surface area contributed by atoms with Crippen LogP contribution in [0.2, 0.25) is 5.02 Å². The molecular weight excluding hydrogens is 419 g/mol. The van der Waals surface area contributed by atoms with Crippen molar-refractivity contribution in [1.29, 1.82) is 0 Å². The minimum absolute atomic E-state index is 0.0607. The molecule has 4 nitrogen and oxygen atoms in total. The number of hydrogen-bond acceptors (Lipinski definition) is 3. The van der Waals surface area contributed by atoms with Crippen LogP contribution >= 0.6 is 43.5 Å². The van der Waals surface area contributed by atoms with E-state index in [1.807, 2.05) is 36.9 Å². The van der Waals surface area contributed by atoms with Gasteiger partial charge in [-0.05, 0) is 30.2 Å². The van der Waals surface area contributed by atoms with Crippen LogP contribution in [0, 0.1) is 0 Å². The summed E-state index contributed by atoms with van der Waals surface area (Å²) in [5, 5.41) is 5.17. The highest BCUT2D eigenvalue weighted by atomic mass is 79.9. The first-order valence-electron chi connectivity index (χ1n) is 6.59. The van der Waals surface area contributed by atoms with Crippen molar-refractivity contribution < 1.29 is 0 Å². The Bertz CT molecular complexity index is 642. The van der Waals surface area contributed by atoms with E-state index >= 15 is 0 Å². The molecule has 0 saturated heterocycles. The monoisotopic (exact) mass is 434 g/mol. The van der Waals surface area contributed by atoms with E-state index in [4.69, 9.17) is 17.4 Å². The van der Waals surface area contributed by atoms with E-state index < -0.39 is 0 Å². The molecule has 1 heterocycles. The largest absolute Gasteiger partial charge is 0.271 e. The summed E-state index contributed by atoms with van der Waals surface area (Å²) in [4.78, 5) is 0. The van der Waals surface area contributed by atoms with Gasteiger partial charge in [0, 0.05) is 22.4 Å². The maximum atomic E-state index is 6.42. The van der Waals surface area contributed by atoms with Crippen molar-refractivity contribution in [3.8, 4) is 0 Å². The van der Waals surface area contributed by atoms with E-state index in [0.717, 1.165) is 37.3 Å². The van der Waals surface area contributed by atoms with Crippen molar-refractivity contribution in [3.05, 3.63) is 49.1 Å². The van der Waals surface area contributed by atoms with E-state index in [1.165, 1.54) is 0 Å². The average molecular weight is 437 g/mol. The van der Waals surface area contributed by atoms with Gasteiger partial charge in [-0.15, -0.1) is 0 Å². The van der Waals surface area contributed by atoms with Crippen molar-refractivity contribution >= 4 is 43.5 Å². The first-order chi connectivity index (χ1) is 9.97. The molecule has 0 fully saturated rings. The first kappa shape index (κ1) is 17.0. The summed E-state index contributed by atoms with van der Waals surface area (Å²) in [7, 11) is 1.91. The van der Waals surface area contributed by atoms with E-state index in [-0.39, 0.29) is 6.04 Å². The number of rotatable bonds is 5. The van der Waals surface area contributed by atoms with E-state index in [1.54, 1.807) is 0 Å². The smallest absolute Gasteiger partial charge is 0.0850 e. The molecule has 1 aromatic heterocycles. The molecule has 1 atom stereocenters. The molecule has 0 spiro atoms. The quantitative estimate of drug-likeness (QED) is 0.552. The van der Waals surface area contributed by atoms with Crippen molar-refractivity contribution in [3.63, 3.8) is 0 Å². The van der Waals surface area contributed by atoms with Gasteiger partial charge in [-0.3, -0.25) is 16.0 Å². The lowest BCUT2D eigenvalue weighted by Gasteiger charge is -2.18. The molecule has 0 saturated carbocycles. The molecule has 0 aliphatic carbocycles. The minimum Gasteiger partial charge on any atom is -0.271 e. The average Bonchev–Trinajstić information content (AvgIpc) is 2.74. The summed E-state index contributed by atoms with van der Waals surface area (Å²) in [6, 6.07) is 5.95. The van der Waals surface area contributed by atoms with Crippen LogP contribution in [-0.4, -0.2) is 9.78 Å². The second kappa shape index (κ2) is 7.24. The van der Waals surface area contributed by atoms with Gasteiger partial charge in [0.15, 0.2) is 0 Å². The van der Waals surface area contributed by atoms with E-state index in [9.17, 15) is 0 Å². The highest BCUT2D eigenvalue weighted by Gasteiger charge is 2.20. The van der Waals surface area contributed by atoms with Gasteiger partial charge < -0.3 is 0 Å². The number of aryl methyl sites for hydroxylation is 2. The van der Waals surface area contributed by atoms with Gasteiger partial charge in [0.1, 0.15) is 0 Å². The van der Waals surface area contributed by atoms with Crippen LogP contribution in [0.15, 0.2) is 27.1 Å². The Labute approximate surface area is 146 Å². The number of aromatic nitrogens is 2. The van der Waals surface area contributed by atoms with Crippen LogP contribution in [0.3, 0.4) is 0 Å². The second-order valence-corrected chi connectivity index (χ2v) is 6.92. The van der Waals surface area contributed by atoms with Crippen LogP contribution in [-0.2, 0) is 19.9 Å². The molecule has 1 aromatic carbocycles. The predicted molar refractivity (Wildman–Crippen MR) is 93.2 cm³/mol. The lowest BCUT2D eigenvalue weighted by Crippen LogP contribution is -2.30. The number of nitrogens with two attached hydrogens (primary N) is 1. The van der Waals surface area contributed by atoms with E-state index in [2.05, 4.69) is 42.4 Å². The zero-order valence-corrected chi connectivity index (χ0v) is 15.8. The molecule has 2 aromatic rings. The van der Waals surface area contributed by atoms with Gasteiger partial charge >= 0.3 is 0 Å². The third-order valence-electron chi connectivity index (χ3n) is 3.44. The first-order valence-corrected chi connectivity index (χ1v) is 8.55. The third kappa shape index (κ3) is 3.68. The van der Waals surface area contributed by atoms with Crippen molar-refractivity contribution in [2.24, 2.45) is 12.9 Å². The van der Waals surface area contributed by atoms with Crippen LogP contribution in [0.1, 0.15) is 29.9 Å². The highest BCUT2D eigenvalue weighted by Crippen LogP contribution is 2.31. The number of hydrazine groups is 1. The molecule has 0 amide bonds. The van der Waals surface area contributed by atoms with Gasteiger partial charge in [-0.2, -0.15) is 5.10 Å². The van der Waals surface area contributed by atoms with Crippen LogP contribution in [0.5, 0.6) is 0 Å². The zero-order valence-electron chi connectivity index (χ0n) is 11.8. The third-order valence-corrected chi connectivity index (χ3v) is 5.09. The predicted octanol–water partition coefficient (Wildman–Crippen LogP) is 3.91. The summed E-state index contributed by atoms with van der Waals surface area (Å²) < 4.78 is 3.84. The Morgan fingerprint density at radius 1 is 1.43 bits per heavy atom. The maximum Gasteiger partial charge on any atom is 0.0850 e. The summed E-state index contributed by atoms with van der Waals surface area (Å²) >= 11 is 13.5. The minimum atomic E-state index is -0.0607. The molecule has 0 radical (unpaired) electrons. The topological polar surface area (TPSA) is 55.9 Å². The number of benzene rings is 1. The summed E-state index contributed by atoms with van der Waals surface area (Å²) in [6.07, 6.45) is 1.47. The van der Waals surface area contributed by atoms with Crippen molar-refractivity contribution in [2.75, 3.05) is 0 Å². The standard InChI is InChI=1S/C14H17Br2ClN4/c1-3-11-14(17)13(21(2)20-11)7-12(19-18)9-6-8(15)4-5-10(9)16/h4-6,12,19H,3,7,18H2,1-2H3. The Morgan fingerprint density at radius 2 is 2.14 bits per heavy atom. The highest BCUT2D eigenvalue weighted by molar-refractivity contribution is 9.11. The number of nitrogens with one attached hydrogen (secondary N) is 1. The molecule has 114 valence electrons. The Morgan fingerprint density at radius 3 is 2.71 bits per heavy atom. The Kier molecular flexibility index (Phi) is 5.85. The van der Waals surface area contributed by atoms with Crippen LogP contribution < -0.4 is 11.3 Å². The lowest BCUT2D eigenvalue weighted by atomic mass is 10.0. The zero-order chi connectivity index (χ0) is 15.6. The maximum absolute atomic E-state index is 6.42. The van der Waals surface area contributed by atoms with Crippen LogP contribution in [0.25, 0.3) is 0 Å². The summed E-state index contributed by atoms with van der Waals surface area (Å²) in [5.74, 6) is 5.75. The van der Waals surface area contributed by atoms with Gasteiger partial charge in [0.05, 0.1) is 22.5 Å². The number of hydrogen-bond donors (Lipinski definition) is 2. The second-order valence-electron chi connectivity index (χ2n) is 4.77. The lowest BCUT2D eigenvalue weighted by molar-refractivity contribution is 0.528. The molecule has 7 heteroatoms. The van der Waals surface area contributed by atoms with Gasteiger partial charge in [-0.25, -0.2) is 0 Å². The normalized spacial score (nSPS) is 12.7. The Hall–Kier alpha value is -0.400. The molecular formula is C14H17Br2ClN4. The summed E-state index contributed by atoms with van der Waals surface area (Å²) in [6.45, 7) is 2.04. The molecule has 0 bridgehead atoms. The van der Waals surface area contributed by atoms with Crippen molar-refractivity contribution in [1.82, 2.24) is 15.2 Å². The van der Waals surface area contributed by atoms with Gasteiger partial charge in [-0.1, -0.05) is 50.4 Å². The molecule has 21 heavy (non-hydrogen) atoms. The van der Waals surface area contributed by atoms with Gasteiger partial charge in [0.25, 0.3) is 0 Å². The summed E-state index contributed by atoms with van der Waals surface area (Å²) in [5.41, 5.74) is 5.83. The van der Waals surface area contributed by atoms with E-state index in [0.29, 0.717) is 6.42 Å². The molecule has 3 N–H and O–H groups in total. The molecule has 0 aliphatic heterocycles. The molecule has 2 rings (SSSR count). The molecule has 0 aliphatic rings. The molecule has 1 unspecified atom stereocenters. The number of halogens is 3. The Balaban J connectivity index is 2.36. The fourth-order valence-corrected chi connectivity index (χ4v) is 3.55. The number of nitrogens with zero attached hydrogens (tertiary/aromatic N) is 2. The van der Waals surface area contributed by atoms with Crippen LogP contribution in [0.4, 0.5) is 0 Å². The fourth-order valence-electron chi connectivity index (χ4n) is 2.28. The van der Waals surface area contributed by atoms with Crippen molar-refractivity contribution in [2.45, 2.75) is 25.8 Å². The van der Waals surface area contributed by atoms with Gasteiger partial charge in [0.2, 0.25) is 0 Å². The SMILES string of the molecule is CCc1nn(C)c(CC(NN)c2cc(Br)ccc2Br)c1Cl.